The summed E-state index contributed by atoms with van der Waals surface area (Å²) >= 11 is 0. The van der Waals surface area contributed by atoms with Gasteiger partial charge in [0.2, 0.25) is 10.0 Å². The van der Waals surface area contributed by atoms with Gasteiger partial charge in [0.05, 0.1) is 4.92 Å². The normalized spacial score (nSPS) is 11.2. The molecule has 4 N–H and O–H groups in total. The summed E-state index contributed by atoms with van der Waals surface area (Å²) in [6.07, 6.45) is 0.851. The van der Waals surface area contributed by atoms with Crippen molar-refractivity contribution in [2.75, 3.05) is 5.73 Å². The van der Waals surface area contributed by atoms with Gasteiger partial charge in [0.15, 0.2) is 0 Å². The van der Waals surface area contributed by atoms with Crippen LogP contribution in [-0.2, 0) is 10.0 Å². The molecule has 76 valence electrons. The van der Waals surface area contributed by atoms with E-state index in [1.165, 1.54) is 0 Å². The number of nitrogens with two attached hydrogens (primary N) is 2. The van der Waals surface area contributed by atoms with Crippen molar-refractivity contribution in [3.63, 3.8) is 0 Å². The average molecular weight is 218 g/mol. The van der Waals surface area contributed by atoms with Crippen LogP contribution in [0, 0.1) is 10.1 Å². The van der Waals surface area contributed by atoms with Gasteiger partial charge in [0, 0.05) is 6.07 Å². The van der Waals surface area contributed by atoms with Crippen LogP contribution in [0.1, 0.15) is 0 Å². The zero-order chi connectivity index (χ0) is 10.9. The molecule has 0 aliphatic rings. The van der Waals surface area contributed by atoms with Gasteiger partial charge in [0.1, 0.15) is 16.9 Å². The molecule has 14 heavy (non-hydrogen) atoms. The third-order valence-electron chi connectivity index (χ3n) is 1.38. The fraction of sp³-hybridized carbons (Fsp3) is 0. The molecule has 0 aliphatic heterocycles. The van der Waals surface area contributed by atoms with Crippen LogP contribution in [-0.4, -0.2) is 18.3 Å². The summed E-state index contributed by atoms with van der Waals surface area (Å²) in [5, 5.41) is 15.0. The molecule has 0 saturated carbocycles. The zero-order valence-electron chi connectivity index (χ0n) is 6.75. The predicted octanol–water partition coefficient (Wildman–Crippen LogP) is -0.781. The molecule has 0 saturated heterocycles. The number of primary sulfonamides is 1. The number of nitrogen functional groups attached to an aromatic ring is 1. The second kappa shape index (κ2) is 3.20. The number of hydrogen-bond acceptors (Lipinski definition) is 6. The molecule has 1 aromatic heterocycles. The Morgan fingerprint density at radius 1 is 1.50 bits per heavy atom. The minimum Gasteiger partial charge on any atom is -0.383 e. The molecule has 8 nitrogen and oxygen atoms in total. The van der Waals surface area contributed by atoms with Crippen LogP contribution in [0.2, 0.25) is 0 Å². The summed E-state index contributed by atoms with van der Waals surface area (Å²) in [5.74, 6) is -0.363. The van der Waals surface area contributed by atoms with Crippen LogP contribution < -0.4 is 10.9 Å². The number of nitro groups is 1. The Morgan fingerprint density at radius 3 is 2.50 bits per heavy atom. The van der Waals surface area contributed by atoms with Crippen molar-refractivity contribution < 1.29 is 13.3 Å². The summed E-state index contributed by atoms with van der Waals surface area (Å²) in [7, 11) is -4.08. The fourth-order valence-corrected chi connectivity index (χ4v) is 1.40. The van der Waals surface area contributed by atoms with Crippen molar-refractivity contribution in [1.82, 2.24) is 4.98 Å². The van der Waals surface area contributed by atoms with E-state index in [0.29, 0.717) is 0 Å². The van der Waals surface area contributed by atoms with Crippen LogP contribution in [0.25, 0.3) is 0 Å². The Balaban J connectivity index is 3.44. The SMILES string of the molecule is Nc1ncc([N+](=O)[O-])cc1S(N)(=O)=O. The van der Waals surface area contributed by atoms with Gasteiger partial charge in [-0.05, 0) is 0 Å². The van der Waals surface area contributed by atoms with Gasteiger partial charge >= 0.3 is 0 Å². The molecule has 9 heteroatoms. The van der Waals surface area contributed by atoms with Crippen LogP contribution in [0.4, 0.5) is 11.5 Å². The van der Waals surface area contributed by atoms with Gasteiger partial charge in [-0.3, -0.25) is 10.1 Å². The largest absolute Gasteiger partial charge is 0.383 e. The van der Waals surface area contributed by atoms with Crippen LogP contribution in [0.5, 0.6) is 0 Å². The standard InChI is InChI=1S/C5H6N4O4S/c6-5-4(14(7,12)13)1-3(2-8-5)9(10)11/h1-2H,(H2,6,8)(H2,7,12,13). The number of aromatic nitrogens is 1. The maximum Gasteiger partial charge on any atom is 0.289 e. The topological polar surface area (TPSA) is 142 Å². The van der Waals surface area contributed by atoms with E-state index in [4.69, 9.17) is 10.9 Å². The van der Waals surface area contributed by atoms with Crippen molar-refractivity contribution in [1.29, 1.82) is 0 Å². The third-order valence-corrected chi connectivity index (χ3v) is 2.32. The van der Waals surface area contributed by atoms with E-state index in [1.54, 1.807) is 0 Å². The van der Waals surface area contributed by atoms with Gasteiger partial charge < -0.3 is 5.73 Å². The fourth-order valence-electron chi connectivity index (χ4n) is 0.773. The molecule has 0 bridgehead atoms. The Hall–Kier alpha value is -1.74. The summed E-state index contributed by atoms with van der Waals surface area (Å²) in [6.45, 7) is 0. The minimum atomic E-state index is -4.08. The maximum absolute atomic E-state index is 10.9. The highest BCUT2D eigenvalue weighted by molar-refractivity contribution is 7.89. The zero-order valence-corrected chi connectivity index (χ0v) is 7.56. The Bertz CT molecular complexity index is 483. The first kappa shape index (κ1) is 10.3. The van der Waals surface area contributed by atoms with Crippen molar-refractivity contribution in [2.24, 2.45) is 5.14 Å². The lowest BCUT2D eigenvalue weighted by molar-refractivity contribution is -0.385. The maximum atomic E-state index is 10.9. The molecule has 0 aromatic carbocycles. The first-order chi connectivity index (χ1) is 6.32. The van der Waals surface area contributed by atoms with Gasteiger partial charge in [-0.25, -0.2) is 18.5 Å². The highest BCUT2D eigenvalue weighted by Gasteiger charge is 2.18. The second-order valence-electron chi connectivity index (χ2n) is 2.38. The first-order valence-electron chi connectivity index (χ1n) is 3.25. The van der Waals surface area contributed by atoms with Gasteiger partial charge in [-0.1, -0.05) is 0 Å². The van der Waals surface area contributed by atoms with Crippen LogP contribution in [0.15, 0.2) is 17.2 Å². The first-order valence-corrected chi connectivity index (χ1v) is 4.79. The molecule has 0 fully saturated rings. The molecule has 0 aliphatic carbocycles. The van der Waals surface area contributed by atoms with E-state index < -0.39 is 25.5 Å². The van der Waals surface area contributed by atoms with E-state index in [1.807, 2.05) is 0 Å². The second-order valence-corrected chi connectivity index (χ2v) is 3.91. The average Bonchev–Trinajstić information content (AvgIpc) is 2.02. The van der Waals surface area contributed by atoms with Gasteiger partial charge in [0.25, 0.3) is 5.69 Å². The van der Waals surface area contributed by atoms with Crippen molar-refractivity contribution in [3.8, 4) is 0 Å². The number of anilines is 1. The number of rotatable bonds is 2. The molecule has 1 aromatic rings. The molecule has 1 heterocycles. The van der Waals surface area contributed by atoms with E-state index in [0.717, 1.165) is 12.3 Å². The highest BCUT2D eigenvalue weighted by atomic mass is 32.2. The number of nitrogens with zero attached hydrogens (tertiary/aromatic N) is 2. The summed E-state index contributed by atoms with van der Waals surface area (Å²) < 4.78 is 21.7. The Labute approximate surface area is 78.7 Å². The molecule has 0 atom stereocenters. The third kappa shape index (κ3) is 1.95. The van der Waals surface area contributed by atoms with Crippen molar-refractivity contribution >= 4 is 21.5 Å². The lowest BCUT2D eigenvalue weighted by atomic mass is 10.4. The summed E-state index contributed by atoms with van der Waals surface area (Å²) in [6, 6.07) is 0.762. The van der Waals surface area contributed by atoms with Crippen molar-refractivity contribution in [3.05, 3.63) is 22.4 Å². The molecular formula is C5H6N4O4S. The molecular weight excluding hydrogens is 212 g/mol. The summed E-state index contributed by atoms with van der Waals surface area (Å²) in [4.78, 5) is 12.3. The van der Waals surface area contributed by atoms with E-state index in [9.17, 15) is 18.5 Å². The molecule has 0 radical (unpaired) electrons. The Morgan fingerprint density at radius 2 is 2.07 bits per heavy atom. The van der Waals surface area contributed by atoms with E-state index in [2.05, 4.69) is 4.98 Å². The lowest BCUT2D eigenvalue weighted by Crippen LogP contribution is -2.15. The smallest absolute Gasteiger partial charge is 0.289 e. The van der Waals surface area contributed by atoms with Crippen LogP contribution in [0.3, 0.4) is 0 Å². The number of hydrogen-bond donors (Lipinski definition) is 2. The number of sulfonamides is 1. The Kier molecular flexibility index (Phi) is 2.36. The summed E-state index contributed by atoms with van der Waals surface area (Å²) in [5.41, 5.74) is 4.70. The van der Waals surface area contributed by atoms with Gasteiger partial charge in [-0.15, -0.1) is 0 Å². The molecule has 0 amide bonds. The van der Waals surface area contributed by atoms with E-state index in [-0.39, 0.29) is 5.82 Å². The highest BCUT2D eigenvalue weighted by Crippen LogP contribution is 2.19. The molecule has 0 unspecified atom stereocenters. The molecule has 1 rings (SSSR count). The minimum absolute atomic E-state index is 0.363. The van der Waals surface area contributed by atoms with Crippen LogP contribution >= 0.6 is 0 Å². The lowest BCUT2D eigenvalue weighted by Gasteiger charge is -2.00. The predicted molar refractivity (Wildman–Crippen MR) is 46.7 cm³/mol. The van der Waals surface area contributed by atoms with E-state index >= 15 is 0 Å². The van der Waals surface area contributed by atoms with Gasteiger partial charge in [-0.2, -0.15) is 0 Å². The molecule has 0 spiro atoms. The number of pyridine rings is 1. The quantitative estimate of drug-likeness (QED) is 0.492. The monoisotopic (exact) mass is 218 g/mol. The van der Waals surface area contributed by atoms with Crippen molar-refractivity contribution in [2.45, 2.75) is 4.90 Å².